The predicted octanol–water partition coefficient (Wildman–Crippen LogP) is 4.36. The lowest BCUT2D eigenvalue weighted by Crippen LogP contribution is -2.36. The number of benzene rings is 1. The summed E-state index contributed by atoms with van der Waals surface area (Å²) in [6, 6.07) is 14.0. The summed E-state index contributed by atoms with van der Waals surface area (Å²) in [5.74, 6) is 1.01. The minimum Gasteiger partial charge on any atom is -0.375 e. The van der Waals surface area contributed by atoms with E-state index >= 15 is 0 Å². The molecule has 0 amide bonds. The van der Waals surface area contributed by atoms with E-state index in [4.69, 9.17) is 0 Å². The van der Waals surface area contributed by atoms with Gasteiger partial charge in [0.25, 0.3) is 0 Å². The maximum atomic E-state index is 4.59. The number of nitrogens with zero attached hydrogens (tertiary/aromatic N) is 2. The van der Waals surface area contributed by atoms with Crippen LogP contribution in [0.2, 0.25) is 0 Å². The number of hydrogen-bond acceptors (Lipinski definition) is 4. The van der Waals surface area contributed by atoms with Crippen molar-refractivity contribution in [3.63, 3.8) is 0 Å². The Morgan fingerprint density at radius 3 is 2.46 bits per heavy atom. The molecule has 1 aliphatic rings. The van der Waals surface area contributed by atoms with Crippen molar-refractivity contribution in [3.05, 3.63) is 53.7 Å². The molecule has 1 fully saturated rings. The molecule has 2 aromatic rings. The summed E-state index contributed by atoms with van der Waals surface area (Å²) in [5, 5.41) is 7.37. The van der Waals surface area contributed by atoms with Gasteiger partial charge < -0.3 is 15.5 Å². The van der Waals surface area contributed by atoms with Crippen molar-refractivity contribution in [2.75, 3.05) is 23.8 Å². The third kappa shape index (κ3) is 4.98. The molecule has 1 aliphatic carbocycles. The molecule has 0 unspecified atom stereocenters. The lowest BCUT2D eigenvalue weighted by Gasteiger charge is -2.30. The van der Waals surface area contributed by atoms with Gasteiger partial charge in [0.2, 0.25) is 0 Å². The largest absolute Gasteiger partial charge is 0.375 e. The highest BCUT2D eigenvalue weighted by Crippen LogP contribution is 2.25. The molecule has 0 radical (unpaired) electrons. The molecule has 0 saturated heterocycles. The first kappa shape index (κ1) is 18.7. The minimum atomic E-state index is 0.528. The highest BCUT2D eigenvalue weighted by molar-refractivity contribution is 5.58. The monoisotopic (exact) mass is 352 g/mol. The summed E-state index contributed by atoms with van der Waals surface area (Å²) in [5.41, 5.74) is 3.86. The number of aromatic nitrogens is 1. The SMILES string of the molecule is CCN(C)c1cc(N[C@H]2CC[C@@H](NCc3ccccc3)CC2)ncc1C. The second-order valence-electron chi connectivity index (χ2n) is 7.43. The molecule has 1 aromatic carbocycles. The first-order valence-electron chi connectivity index (χ1n) is 9.87. The van der Waals surface area contributed by atoms with Gasteiger partial charge in [0.1, 0.15) is 5.82 Å². The van der Waals surface area contributed by atoms with Gasteiger partial charge >= 0.3 is 0 Å². The number of pyridine rings is 1. The van der Waals surface area contributed by atoms with Crippen molar-refractivity contribution >= 4 is 11.5 Å². The Morgan fingerprint density at radius 1 is 1.08 bits per heavy atom. The van der Waals surface area contributed by atoms with Crippen LogP contribution < -0.4 is 15.5 Å². The van der Waals surface area contributed by atoms with Crippen LogP contribution in [-0.2, 0) is 6.54 Å². The third-order valence-electron chi connectivity index (χ3n) is 5.48. The van der Waals surface area contributed by atoms with Gasteiger partial charge in [0, 0.05) is 50.2 Å². The van der Waals surface area contributed by atoms with E-state index in [2.05, 4.69) is 77.8 Å². The van der Waals surface area contributed by atoms with Crippen molar-refractivity contribution in [3.8, 4) is 0 Å². The highest BCUT2D eigenvalue weighted by atomic mass is 15.1. The van der Waals surface area contributed by atoms with Gasteiger partial charge in [-0.1, -0.05) is 30.3 Å². The first-order valence-corrected chi connectivity index (χ1v) is 9.87. The van der Waals surface area contributed by atoms with E-state index in [0.29, 0.717) is 12.1 Å². The molecule has 2 N–H and O–H groups in total. The Kier molecular flexibility index (Phi) is 6.51. The molecule has 0 atom stereocenters. The molecule has 4 heteroatoms. The van der Waals surface area contributed by atoms with Gasteiger partial charge in [-0.15, -0.1) is 0 Å². The zero-order valence-electron chi connectivity index (χ0n) is 16.3. The van der Waals surface area contributed by atoms with E-state index in [9.17, 15) is 0 Å². The molecule has 26 heavy (non-hydrogen) atoms. The Balaban J connectivity index is 1.48. The molecule has 1 heterocycles. The summed E-state index contributed by atoms with van der Waals surface area (Å²) >= 11 is 0. The Hall–Kier alpha value is -2.07. The zero-order chi connectivity index (χ0) is 18.4. The summed E-state index contributed by atoms with van der Waals surface area (Å²) in [6.07, 6.45) is 6.81. The fourth-order valence-corrected chi connectivity index (χ4v) is 3.68. The Morgan fingerprint density at radius 2 is 1.77 bits per heavy atom. The maximum Gasteiger partial charge on any atom is 0.128 e. The van der Waals surface area contributed by atoms with Crippen molar-refractivity contribution in [1.82, 2.24) is 10.3 Å². The van der Waals surface area contributed by atoms with E-state index in [1.165, 1.54) is 42.5 Å². The predicted molar refractivity (Wildman–Crippen MR) is 111 cm³/mol. The maximum absolute atomic E-state index is 4.59. The van der Waals surface area contributed by atoms with Gasteiger partial charge in [-0.25, -0.2) is 4.98 Å². The van der Waals surface area contributed by atoms with Crippen LogP contribution in [0.5, 0.6) is 0 Å². The molecule has 1 saturated carbocycles. The molecule has 3 rings (SSSR count). The lowest BCUT2D eigenvalue weighted by molar-refractivity contribution is 0.352. The van der Waals surface area contributed by atoms with E-state index < -0.39 is 0 Å². The standard InChI is InChI=1S/C22H32N4/c1-4-26(3)21-14-22(24-15-17(21)2)25-20-12-10-19(11-13-20)23-16-18-8-6-5-7-9-18/h5-9,14-15,19-20,23H,4,10-13,16H2,1-3H3,(H,24,25)/t19-,20+. The molecule has 4 nitrogen and oxygen atoms in total. The van der Waals surface area contributed by atoms with Gasteiger partial charge in [0.05, 0.1) is 0 Å². The second kappa shape index (κ2) is 9.04. The smallest absolute Gasteiger partial charge is 0.128 e. The molecular weight excluding hydrogens is 320 g/mol. The first-order chi connectivity index (χ1) is 12.7. The molecule has 140 valence electrons. The minimum absolute atomic E-state index is 0.528. The zero-order valence-corrected chi connectivity index (χ0v) is 16.3. The number of aryl methyl sites for hydroxylation is 1. The van der Waals surface area contributed by atoms with E-state index in [0.717, 1.165) is 18.9 Å². The summed E-state index contributed by atoms with van der Waals surface area (Å²) in [4.78, 5) is 6.86. The number of rotatable bonds is 7. The van der Waals surface area contributed by atoms with E-state index in [-0.39, 0.29) is 0 Å². The van der Waals surface area contributed by atoms with Crippen molar-refractivity contribution in [1.29, 1.82) is 0 Å². The van der Waals surface area contributed by atoms with Crippen molar-refractivity contribution in [2.24, 2.45) is 0 Å². The van der Waals surface area contributed by atoms with Crippen molar-refractivity contribution < 1.29 is 0 Å². The van der Waals surface area contributed by atoms with E-state index in [1.807, 2.05) is 6.20 Å². The average Bonchev–Trinajstić information content (AvgIpc) is 2.69. The van der Waals surface area contributed by atoms with Gasteiger partial charge in [-0.2, -0.15) is 0 Å². The van der Waals surface area contributed by atoms with Crippen LogP contribution in [0, 0.1) is 6.92 Å². The third-order valence-corrected chi connectivity index (χ3v) is 5.48. The second-order valence-corrected chi connectivity index (χ2v) is 7.43. The number of anilines is 2. The van der Waals surface area contributed by atoms with Crippen molar-refractivity contribution in [2.45, 2.75) is 58.2 Å². The van der Waals surface area contributed by atoms with Crippen LogP contribution in [0.25, 0.3) is 0 Å². The van der Waals surface area contributed by atoms with E-state index in [1.54, 1.807) is 0 Å². The highest BCUT2D eigenvalue weighted by Gasteiger charge is 2.21. The van der Waals surface area contributed by atoms with Crippen LogP contribution in [0.3, 0.4) is 0 Å². The molecular formula is C22H32N4. The van der Waals surface area contributed by atoms with Crippen LogP contribution in [-0.4, -0.2) is 30.7 Å². The van der Waals surface area contributed by atoms with Crippen LogP contribution in [0.4, 0.5) is 11.5 Å². The van der Waals surface area contributed by atoms with Gasteiger partial charge in [0.15, 0.2) is 0 Å². The summed E-state index contributed by atoms with van der Waals surface area (Å²) < 4.78 is 0. The van der Waals surface area contributed by atoms with Crippen LogP contribution in [0.1, 0.15) is 43.7 Å². The quantitative estimate of drug-likeness (QED) is 0.777. The average molecular weight is 353 g/mol. The Bertz CT molecular complexity index is 678. The fourth-order valence-electron chi connectivity index (χ4n) is 3.68. The van der Waals surface area contributed by atoms with Gasteiger partial charge in [-0.05, 0) is 50.7 Å². The van der Waals surface area contributed by atoms with Gasteiger partial charge in [-0.3, -0.25) is 0 Å². The summed E-state index contributed by atoms with van der Waals surface area (Å²) in [6.45, 7) is 6.27. The fraction of sp³-hybridized carbons (Fsp3) is 0.500. The Labute approximate surface area is 158 Å². The molecule has 1 aromatic heterocycles. The molecule has 0 aliphatic heterocycles. The topological polar surface area (TPSA) is 40.2 Å². The lowest BCUT2D eigenvalue weighted by atomic mass is 9.91. The summed E-state index contributed by atoms with van der Waals surface area (Å²) in [7, 11) is 2.13. The molecule has 0 spiro atoms. The van der Waals surface area contributed by atoms with Crippen LogP contribution in [0.15, 0.2) is 42.6 Å². The molecule has 0 bridgehead atoms. The number of hydrogen-bond donors (Lipinski definition) is 2. The normalized spacial score (nSPS) is 20.0. The van der Waals surface area contributed by atoms with Crippen LogP contribution >= 0.6 is 0 Å². The number of nitrogens with one attached hydrogen (secondary N) is 2.